The second-order valence-electron chi connectivity index (χ2n) is 5.31. The van der Waals surface area contributed by atoms with Crippen molar-refractivity contribution in [3.8, 4) is 0 Å². The van der Waals surface area contributed by atoms with Crippen molar-refractivity contribution >= 4 is 5.91 Å². The van der Waals surface area contributed by atoms with Gasteiger partial charge < -0.3 is 10.1 Å². The van der Waals surface area contributed by atoms with Gasteiger partial charge in [-0.1, -0.05) is 0 Å². The molecule has 1 amide bonds. The second-order valence-corrected chi connectivity index (χ2v) is 5.31. The normalized spacial score (nSPS) is 16.1. The van der Waals surface area contributed by atoms with Crippen molar-refractivity contribution in [2.75, 3.05) is 39.4 Å². The molecule has 1 aromatic rings. The van der Waals surface area contributed by atoms with Gasteiger partial charge in [-0.3, -0.25) is 14.5 Å². The smallest absolute Gasteiger partial charge is 0.271 e. The van der Waals surface area contributed by atoms with Gasteiger partial charge in [0, 0.05) is 32.2 Å². The number of carbonyl (C=O) groups is 1. The van der Waals surface area contributed by atoms with E-state index in [2.05, 4.69) is 15.3 Å². The average molecular weight is 294 g/mol. The Morgan fingerprint density at radius 2 is 2.10 bits per heavy atom. The molecule has 7 nitrogen and oxygen atoms in total. The third-order valence-corrected chi connectivity index (χ3v) is 3.36. The fraction of sp³-hybridized carbons (Fsp3) is 0.643. The third kappa shape index (κ3) is 4.37. The van der Waals surface area contributed by atoms with Gasteiger partial charge in [0.05, 0.1) is 19.3 Å². The Morgan fingerprint density at radius 3 is 2.76 bits per heavy atom. The summed E-state index contributed by atoms with van der Waals surface area (Å²) >= 11 is 0. The highest BCUT2D eigenvalue weighted by Gasteiger charge is 2.13. The highest BCUT2D eigenvalue weighted by molar-refractivity contribution is 5.91. The molecule has 0 unspecified atom stereocenters. The number of nitrogens with zero attached hydrogens (tertiary/aromatic N) is 3. The summed E-state index contributed by atoms with van der Waals surface area (Å²) in [6.45, 7) is 8.34. The van der Waals surface area contributed by atoms with Crippen LogP contribution in [0.25, 0.3) is 0 Å². The monoisotopic (exact) mass is 294 g/mol. The van der Waals surface area contributed by atoms with Crippen molar-refractivity contribution in [3.63, 3.8) is 0 Å². The topological polar surface area (TPSA) is 76.5 Å². The van der Waals surface area contributed by atoms with Gasteiger partial charge >= 0.3 is 0 Å². The minimum Gasteiger partial charge on any atom is -0.379 e. The predicted molar refractivity (Wildman–Crippen MR) is 78.5 cm³/mol. The summed E-state index contributed by atoms with van der Waals surface area (Å²) in [5, 5.41) is 6.93. The van der Waals surface area contributed by atoms with E-state index in [0.29, 0.717) is 6.54 Å². The molecule has 0 bridgehead atoms. The number of morpholine rings is 1. The summed E-state index contributed by atoms with van der Waals surface area (Å²) in [6, 6.07) is 2.77. The fourth-order valence-electron chi connectivity index (χ4n) is 2.16. The minimum atomic E-state index is -0.252. The molecule has 0 spiro atoms. The van der Waals surface area contributed by atoms with Gasteiger partial charge in [0.25, 0.3) is 11.5 Å². The summed E-state index contributed by atoms with van der Waals surface area (Å²) < 4.78 is 6.59. The molecule has 0 atom stereocenters. The van der Waals surface area contributed by atoms with Crippen LogP contribution in [0.3, 0.4) is 0 Å². The third-order valence-electron chi connectivity index (χ3n) is 3.36. The number of amides is 1. The molecule has 1 aromatic heterocycles. The van der Waals surface area contributed by atoms with Gasteiger partial charge in [0.2, 0.25) is 0 Å². The predicted octanol–water partition coefficient (Wildman–Crippen LogP) is -0.114. The fourth-order valence-corrected chi connectivity index (χ4v) is 2.16. The Morgan fingerprint density at radius 1 is 1.38 bits per heavy atom. The standard InChI is InChI=1S/C14H22N4O3/c1-11(2)18-13(19)4-3-12(16-18)14(20)15-5-6-17-7-9-21-10-8-17/h3-4,11H,5-10H2,1-2H3,(H,15,20). The molecule has 0 saturated carbocycles. The number of ether oxygens (including phenoxy) is 1. The highest BCUT2D eigenvalue weighted by atomic mass is 16.5. The molecule has 0 aromatic carbocycles. The molecular formula is C14H22N4O3. The van der Waals surface area contributed by atoms with Crippen LogP contribution >= 0.6 is 0 Å². The lowest BCUT2D eigenvalue weighted by Gasteiger charge is -2.26. The van der Waals surface area contributed by atoms with Crippen LogP contribution in [0, 0.1) is 0 Å². The quantitative estimate of drug-likeness (QED) is 0.820. The van der Waals surface area contributed by atoms with Gasteiger partial charge in [-0.2, -0.15) is 5.10 Å². The van der Waals surface area contributed by atoms with Crippen molar-refractivity contribution in [1.82, 2.24) is 20.0 Å². The molecule has 1 N–H and O–H groups in total. The number of carbonyl (C=O) groups excluding carboxylic acids is 1. The van der Waals surface area contributed by atoms with Crippen LogP contribution in [-0.2, 0) is 4.74 Å². The first-order valence-corrected chi connectivity index (χ1v) is 7.26. The van der Waals surface area contributed by atoms with Crippen LogP contribution in [0.5, 0.6) is 0 Å². The van der Waals surface area contributed by atoms with Gasteiger partial charge in [0.1, 0.15) is 5.69 Å². The zero-order valence-electron chi connectivity index (χ0n) is 12.5. The highest BCUT2D eigenvalue weighted by Crippen LogP contribution is 1.99. The summed E-state index contributed by atoms with van der Waals surface area (Å²) in [7, 11) is 0. The van der Waals surface area contributed by atoms with E-state index in [4.69, 9.17) is 4.74 Å². The zero-order chi connectivity index (χ0) is 15.2. The van der Waals surface area contributed by atoms with Gasteiger partial charge in [0.15, 0.2) is 0 Å². The van der Waals surface area contributed by atoms with Crippen LogP contribution in [0.2, 0.25) is 0 Å². The molecule has 116 valence electrons. The minimum absolute atomic E-state index is 0.0707. The lowest BCUT2D eigenvalue weighted by atomic mass is 10.3. The van der Waals surface area contributed by atoms with Crippen LogP contribution < -0.4 is 10.9 Å². The number of rotatable bonds is 5. The Bertz CT molecular complexity index is 535. The SMILES string of the molecule is CC(C)n1nc(C(=O)NCCN2CCOCC2)ccc1=O. The van der Waals surface area contributed by atoms with E-state index < -0.39 is 0 Å². The summed E-state index contributed by atoms with van der Waals surface area (Å²) in [4.78, 5) is 25.9. The van der Waals surface area contributed by atoms with Crippen LogP contribution in [0.4, 0.5) is 0 Å². The van der Waals surface area contributed by atoms with Gasteiger partial charge in [-0.25, -0.2) is 4.68 Å². The number of aromatic nitrogens is 2. The Balaban J connectivity index is 1.88. The van der Waals surface area contributed by atoms with Gasteiger partial charge in [-0.05, 0) is 19.9 Å². The maximum atomic E-state index is 12.0. The first kappa shape index (κ1) is 15.7. The largest absolute Gasteiger partial charge is 0.379 e. The first-order valence-electron chi connectivity index (χ1n) is 7.26. The molecule has 1 fully saturated rings. The average Bonchev–Trinajstić information content (AvgIpc) is 2.48. The number of hydrogen-bond acceptors (Lipinski definition) is 5. The van der Waals surface area contributed by atoms with E-state index in [1.54, 1.807) is 0 Å². The van der Waals surface area contributed by atoms with E-state index in [1.807, 2.05) is 13.8 Å². The van der Waals surface area contributed by atoms with Crippen molar-refractivity contribution in [2.24, 2.45) is 0 Å². The van der Waals surface area contributed by atoms with Crippen molar-refractivity contribution in [2.45, 2.75) is 19.9 Å². The van der Waals surface area contributed by atoms with Crippen LogP contribution in [0.15, 0.2) is 16.9 Å². The maximum absolute atomic E-state index is 12.0. The van der Waals surface area contributed by atoms with Gasteiger partial charge in [-0.15, -0.1) is 0 Å². The van der Waals surface area contributed by atoms with Crippen molar-refractivity contribution < 1.29 is 9.53 Å². The first-order chi connectivity index (χ1) is 10.1. The Hall–Kier alpha value is -1.73. The van der Waals surface area contributed by atoms with E-state index in [-0.39, 0.29) is 23.2 Å². The zero-order valence-corrected chi connectivity index (χ0v) is 12.5. The number of hydrogen-bond donors (Lipinski definition) is 1. The van der Waals surface area contributed by atoms with Crippen molar-refractivity contribution in [1.29, 1.82) is 0 Å². The molecule has 1 aliphatic heterocycles. The van der Waals surface area contributed by atoms with E-state index >= 15 is 0 Å². The lowest BCUT2D eigenvalue weighted by Crippen LogP contribution is -2.41. The van der Waals surface area contributed by atoms with Crippen LogP contribution in [0.1, 0.15) is 30.4 Å². The summed E-state index contributed by atoms with van der Waals surface area (Å²) in [5.74, 6) is -0.252. The van der Waals surface area contributed by atoms with Crippen LogP contribution in [-0.4, -0.2) is 60.0 Å². The Labute approximate surface area is 123 Å². The van der Waals surface area contributed by atoms with E-state index in [9.17, 15) is 9.59 Å². The lowest BCUT2D eigenvalue weighted by molar-refractivity contribution is 0.0383. The molecule has 7 heteroatoms. The molecular weight excluding hydrogens is 272 g/mol. The van der Waals surface area contributed by atoms with Crippen molar-refractivity contribution in [3.05, 3.63) is 28.2 Å². The molecule has 2 heterocycles. The molecule has 2 rings (SSSR count). The molecule has 1 aliphatic rings. The number of nitrogens with one attached hydrogen (secondary N) is 1. The Kier molecular flexibility index (Phi) is 5.46. The van der Waals surface area contributed by atoms with E-state index in [1.165, 1.54) is 16.8 Å². The molecule has 21 heavy (non-hydrogen) atoms. The maximum Gasteiger partial charge on any atom is 0.271 e. The summed E-state index contributed by atoms with van der Waals surface area (Å²) in [6.07, 6.45) is 0. The summed E-state index contributed by atoms with van der Waals surface area (Å²) in [5.41, 5.74) is 0.0696. The molecule has 1 saturated heterocycles. The second kappa shape index (κ2) is 7.33. The molecule has 0 radical (unpaired) electrons. The van der Waals surface area contributed by atoms with E-state index in [0.717, 1.165) is 32.8 Å². The molecule has 0 aliphatic carbocycles.